The first-order valence-corrected chi connectivity index (χ1v) is 8.52. The van der Waals surface area contributed by atoms with Gasteiger partial charge in [-0.05, 0) is 19.3 Å². The van der Waals surface area contributed by atoms with Crippen molar-refractivity contribution in [1.82, 2.24) is 0 Å². The van der Waals surface area contributed by atoms with E-state index in [2.05, 4.69) is 27.8 Å². The second kappa shape index (κ2) is 15.9. The highest BCUT2D eigenvalue weighted by Crippen LogP contribution is 2.10. The molecule has 1 nitrogen and oxygen atoms in total. The van der Waals surface area contributed by atoms with Gasteiger partial charge in [-0.3, -0.25) is 0 Å². The van der Waals surface area contributed by atoms with Gasteiger partial charge in [-0.25, -0.2) is 0 Å². The highest BCUT2D eigenvalue weighted by molar-refractivity contribution is 4.99. The lowest BCUT2D eigenvalue weighted by Gasteiger charge is -2.34. The lowest BCUT2D eigenvalue weighted by atomic mass is 10.2. The third-order valence-electron chi connectivity index (χ3n) is 3.82. The van der Waals surface area contributed by atoms with Gasteiger partial charge in [-0.15, -0.1) is 0 Å². The van der Waals surface area contributed by atoms with E-state index >= 15 is 0 Å². The molecule has 0 saturated heterocycles. The fourth-order valence-electron chi connectivity index (χ4n) is 2.34. The van der Waals surface area contributed by atoms with Crippen molar-refractivity contribution in [1.29, 1.82) is 0 Å². The molecule has 0 radical (unpaired) electrons. The van der Waals surface area contributed by atoms with Gasteiger partial charge in [0.25, 0.3) is 0 Å². The smallest absolute Gasteiger partial charge is 0.0784 e. The minimum absolute atomic E-state index is 0. The van der Waals surface area contributed by atoms with E-state index < -0.39 is 0 Å². The summed E-state index contributed by atoms with van der Waals surface area (Å²) in [5.74, 6) is 0. The molecule has 0 aliphatic carbocycles. The molecule has 0 heterocycles. The minimum Gasteiger partial charge on any atom is -1.00 e. The van der Waals surface area contributed by atoms with Gasteiger partial charge in [0.05, 0.1) is 26.7 Å². The highest BCUT2D eigenvalue weighted by Gasteiger charge is 2.18. The summed E-state index contributed by atoms with van der Waals surface area (Å²) in [4.78, 5) is 0. The summed E-state index contributed by atoms with van der Waals surface area (Å²) in [6.07, 6.45) is 8.20. The Kier molecular flexibility index (Phi) is 17.2. The van der Waals surface area contributed by atoms with Crippen molar-refractivity contribution >= 4 is 0 Å². The standard InChI is InChI=1S/C13H30N.C6H6.ClH/c1-5-8-11-14(4,12-9-6-2)13-10-7-3;1-2-4-6-5-3-1;/h5-13H2,1-4H3;1-6H;1H/q+1;;/p-1. The Balaban J connectivity index is 0. The molecule has 0 atom stereocenters. The molecule has 1 aromatic carbocycles. The normalized spacial score (nSPS) is 10.3. The maximum atomic E-state index is 2.45. The fraction of sp³-hybridized carbons (Fsp3) is 0.684. The van der Waals surface area contributed by atoms with Gasteiger partial charge in [0.15, 0.2) is 0 Å². The number of quaternary nitrogens is 1. The third-order valence-corrected chi connectivity index (χ3v) is 3.82. The molecule has 2 heteroatoms. The summed E-state index contributed by atoms with van der Waals surface area (Å²) in [5, 5.41) is 0. The monoisotopic (exact) mass is 313 g/mol. The maximum Gasteiger partial charge on any atom is 0.0784 e. The quantitative estimate of drug-likeness (QED) is 0.615. The third kappa shape index (κ3) is 14.2. The molecule has 21 heavy (non-hydrogen) atoms. The van der Waals surface area contributed by atoms with Crippen molar-refractivity contribution in [3.05, 3.63) is 36.4 Å². The van der Waals surface area contributed by atoms with E-state index in [0.29, 0.717) is 0 Å². The number of benzene rings is 1. The zero-order chi connectivity index (χ0) is 15.1. The minimum atomic E-state index is 0. The number of hydrogen-bond acceptors (Lipinski definition) is 0. The van der Waals surface area contributed by atoms with E-state index in [1.54, 1.807) is 0 Å². The van der Waals surface area contributed by atoms with Crippen LogP contribution in [0.2, 0.25) is 0 Å². The molecular weight excluding hydrogens is 278 g/mol. The van der Waals surface area contributed by atoms with Crippen LogP contribution in [-0.2, 0) is 0 Å². The predicted octanol–water partition coefficient (Wildman–Crippen LogP) is 2.52. The molecule has 0 aliphatic heterocycles. The molecule has 1 rings (SSSR count). The molecule has 0 aliphatic rings. The number of rotatable bonds is 9. The van der Waals surface area contributed by atoms with E-state index in [1.165, 1.54) is 62.6 Å². The van der Waals surface area contributed by atoms with Crippen molar-refractivity contribution in [3.8, 4) is 0 Å². The average molecular weight is 314 g/mol. The summed E-state index contributed by atoms with van der Waals surface area (Å²) in [5.41, 5.74) is 0. The highest BCUT2D eigenvalue weighted by atomic mass is 35.5. The van der Waals surface area contributed by atoms with E-state index in [-0.39, 0.29) is 12.4 Å². The van der Waals surface area contributed by atoms with Crippen LogP contribution in [0.1, 0.15) is 59.3 Å². The molecule has 0 N–H and O–H groups in total. The van der Waals surface area contributed by atoms with Crippen LogP contribution in [0.3, 0.4) is 0 Å². The van der Waals surface area contributed by atoms with Crippen LogP contribution in [0.15, 0.2) is 36.4 Å². The molecule has 0 unspecified atom stereocenters. The van der Waals surface area contributed by atoms with Crippen LogP contribution in [0.5, 0.6) is 0 Å². The Bertz CT molecular complexity index is 238. The average Bonchev–Trinajstić information content (AvgIpc) is 2.51. The summed E-state index contributed by atoms with van der Waals surface area (Å²) in [7, 11) is 2.45. The molecule has 0 bridgehead atoms. The number of hydrogen-bond donors (Lipinski definition) is 0. The molecular formula is C19H36ClN. The van der Waals surface area contributed by atoms with Gasteiger partial charge < -0.3 is 16.9 Å². The topological polar surface area (TPSA) is 0 Å². The zero-order valence-electron chi connectivity index (χ0n) is 14.7. The lowest BCUT2D eigenvalue weighted by Crippen LogP contribution is -3.00. The molecule has 1 aromatic rings. The zero-order valence-corrected chi connectivity index (χ0v) is 15.4. The van der Waals surface area contributed by atoms with Gasteiger partial charge in [0, 0.05) is 0 Å². The van der Waals surface area contributed by atoms with Crippen molar-refractivity contribution in [3.63, 3.8) is 0 Å². The first-order valence-electron chi connectivity index (χ1n) is 8.52. The molecule has 0 saturated carbocycles. The Morgan fingerprint density at radius 2 is 0.810 bits per heavy atom. The van der Waals surface area contributed by atoms with Crippen LogP contribution in [-0.4, -0.2) is 31.2 Å². The summed E-state index contributed by atoms with van der Waals surface area (Å²) in [6, 6.07) is 12.0. The SMILES string of the molecule is CCCC[N+](C)(CCCC)CCCC.[Cl-].c1ccccc1. The van der Waals surface area contributed by atoms with Gasteiger partial charge in [-0.1, -0.05) is 76.4 Å². The fourth-order valence-corrected chi connectivity index (χ4v) is 2.34. The first kappa shape index (κ1) is 22.7. The summed E-state index contributed by atoms with van der Waals surface area (Å²) in [6.45, 7) is 11.0. The van der Waals surface area contributed by atoms with Gasteiger partial charge in [0.1, 0.15) is 0 Å². The van der Waals surface area contributed by atoms with Gasteiger partial charge in [-0.2, -0.15) is 0 Å². The van der Waals surface area contributed by atoms with Crippen LogP contribution in [0.25, 0.3) is 0 Å². The van der Waals surface area contributed by atoms with Crippen LogP contribution in [0, 0.1) is 0 Å². The maximum absolute atomic E-state index is 2.45. The second-order valence-electron chi connectivity index (χ2n) is 6.01. The van der Waals surface area contributed by atoms with Gasteiger partial charge in [0.2, 0.25) is 0 Å². The summed E-state index contributed by atoms with van der Waals surface area (Å²) >= 11 is 0. The van der Waals surface area contributed by atoms with E-state index in [9.17, 15) is 0 Å². The van der Waals surface area contributed by atoms with Crippen molar-refractivity contribution in [2.75, 3.05) is 26.7 Å². The van der Waals surface area contributed by atoms with Crippen molar-refractivity contribution in [2.45, 2.75) is 59.3 Å². The Labute approximate surface area is 139 Å². The molecule has 0 spiro atoms. The van der Waals surface area contributed by atoms with Gasteiger partial charge >= 0.3 is 0 Å². The van der Waals surface area contributed by atoms with E-state index in [0.717, 1.165) is 0 Å². The number of unbranched alkanes of at least 4 members (excludes halogenated alkanes) is 3. The lowest BCUT2D eigenvalue weighted by molar-refractivity contribution is -0.910. The molecule has 0 aromatic heterocycles. The van der Waals surface area contributed by atoms with E-state index in [4.69, 9.17) is 0 Å². The van der Waals surface area contributed by atoms with Crippen LogP contribution >= 0.6 is 0 Å². The van der Waals surface area contributed by atoms with Crippen molar-refractivity contribution < 1.29 is 16.9 Å². The van der Waals surface area contributed by atoms with Crippen LogP contribution < -0.4 is 12.4 Å². The molecule has 0 amide bonds. The Hall–Kier alpha value is -0.530. The summed E-state index contributed by atoms with van der Waals surface area (Å²) < 4.78 is 1.32. The number of nitrogens with zero attached hydrogens (tertiary/aromatic N) is 1. The van der Waals surface area contributed by atoms with Crippen molar-refractivity contribution in [2.24, 2.45) is 0 Å². The Morgan fingerprint density at radius 1 is 0.571 bits per heavy atom. The first-order chi connectivity index (χ1) is 9.68. The largest absolute Gasteiger partial charge is 1.00 e. The molecule has 124 valence electrons. The number of halogens is 1. The van der Waals surface area contributed by atoms with Crippen LogP contribution in [0.4, 0.5) is 0 Å². The second-order valence-corrected chi connectivity index (χ2v) is 6.01. The Morgan fingerprint density at radius 3 is 1.00 bits per heavy atom. The van der Waals surface area contributed by atoms with E-state index in [1.807, 2.05) is 36.4 Å². The molecule has 0 fully saturated rings. The predicted molar refractivity (Wildman–Crippen MR) is 92.0 cm³/mol.